The molecule has 10 nitrogen and oxygen atoms in total. The van der Waals surface area contributed by atoms with Crippen molar-refractivity contribution in [2.75, 3.05) is 20.1 Å². The molecule has 2 amide bonds. The number of hydrogen-bond donors (Lipinski definition) is 2. The fourth-order valence-electron chi connectivity index (χ4n) is 5.44. The van der Waals surface area contributed by atoms with Gasteiger partial charge in [-0.25, -0.2) is 9.59 Å². The van der Waals surface area contributed by atoms with Crippen LogP contribution in [0.1, 0.15) is 52.5 Å². The number of fused-ring (bicyclic) bond motifs is 3. The van der Waals surface area contributed by atoms with Gasteiger partial charge in [0, 0.05) is 51.2 Å². The van der Waals surface area contributed by atoms with Crippen LogP contribution in [0.15, 0.2) is 29.1 Å². The second-order valence-corrected chi connectivity index (χ2v) is 9.86. The molecule has 0 radical (unpaired) electrons. The van der Waals surface area contributed by atoms with Crippen molar-refractivity contribution in [3.8, 4) is 0 Å². The summed E-state index contributed by atoms with van der Waals surface area (Å²) in [6, 6.07) is 7.63. The normalized spacial score (nSPS) is 23.3. The highest BCUT2D eigenvalue weighted by Gasteiger charge is 2.42. The third kappa shape index (κ3) is 4.83. The van der Waals surface area contributed by atoms with E-state index in [1.807, 2.05) is 26.0 Å². The van der Waals surface area contributed by atoms with Crippen LogP contribution in [0.4, 0.5) is 4.79 Å². The van der Waals surface area contributed by atoms with Crippen molar-refractivity contribution in [2.45, 2.75) is 76.7 Å². The van der Waals surface area contributed by atoms with Gasteiger partial charge in [-0.15, -0.1) is 4.73 Å². The number of aromatic nitrogens is 2. The Morgan fingerprint density at radius 3 is 2.38 bits per heavy atom. The lowest BCUT2D eigenvalue weighted by atomic mass is 9.97. The number of nitrogens with one attached hydrogen (secondary N) is 1. The Morgan fingerprint density at radius 1 is 1.18 bits per heavy atom. The lowest BCUT2D eigenvalue weighted by molar-refractivity contribution is -0.129. The maximum Gasteiger partial charge on any atom is 0.432 e. The second kappa shape index (κ2) is 9.79. The number of likely N-dealkylation sites (N-methyl/N-ethyl adjacent to an activating group) is 1. The van der Waals surface area contributed by atoms with Gasteiger partial charge in [-0.2, -0.15) is 0 Å². The minimum atomic E-state index is -0.644. The molecule has 10 heteroatoms. The van der Waals surface area contributed by atoms with Crippen LogP contribution < -0.4 is 15.8 Å². The highest BCUT2D eigenvalue weighted by Crippen LogP contribution is 2.35. The van der Waals surface area contributed by atoms with Crippen LogP contribution in [-0.4, -0.2) is 80.6 Å². The van der Waals surface area contributed by atoms with Gasteiger partial charge < -0.3 is 20.2 Å². The van der Waals surface area contributed by atoms with Crippen LogP contribution in [0.3, 0.4) is 0 Å². The number of aliphatic hydroxyl groups excluding tert-OH is 1. The molecule has 186 valence electrons. The molecule has 3 heterocycles. The van der Waals surface area contributed by atoms with Gasteiger partial charge in [0.15, 0.2) is 0 Å². The zero-order valence-electron chi connectivity index (χ0n) is 20.3. The van der Waals surface area contributed by atoms with Crippen molar-refractivity contribution >= 4 is 23.0 Å². The second-order valence-electron chi connectivity index (χ2n) is 9.86. The predicted octanol–water partition coefficient (Wildman–Crippen LogP) is 1.36. The van der Waals surface area contributed by atoms with E-state index in [0.29, 0.717) is 18.6 Å². The molecule has 2 aliphatic rings. The SMILES string of the molecule is CC(=O)N(C)C[C@H](O)CN1[C@@H]2CC[C@H]1C[C@H](NC(=O)On1c(=O)n(C(C)C)c3ccccc31)C2. The van der Waals surface area contributed by atoms with Gasteiger partial charge in [0.05, 0.1) is 11.6 Å². The third-order valence-corrected chi connectivity index (χ3v) is 7.08. The summed E-state index contributed by atoms with van der Waals surface area (Å²) in [6.07, 6.45) is 2.27. The van der Waals surface area contributed by atoms with Gasteiger partial charge in [0.25, 0.3) is 0 Å². The standard InChI is InChI=1S/C24H35N5O5/c1-15(2)28-21-7-5-6-8-22(21)29(24(28)33)34-23(32)25-17-11-18-9-10-19(12-17)27(18)14-20(31)13-26(4)16(3)30/h5-8,15,17-20,31H,9-14H2,1-4H3,(H,25,32)/t17-,18-,19+,20-/m0/s1. The highest BCUT2D eigenvalue weighted by atomic mass is 16.7. The number of hydrogen-bond acceptors (Lipinski definition) is 6. The van der Waals surface area contributed by atoms with Crippen LogP contribution >= 0.6 is 0 Å². The van der Waals surface area contributed by atoms with E-state index in [1.54, 1.807) is 23.7 Å². The summed E-state index contributed by atoms with van der Waals surface area (Å²) in [6.45, 7) is 6.13. The molecule has 0 aliphatic carbocycles. The first-order valence-corrected chi connectivity index (χ1v) is 12.0. The van der Waals surface area contributed by atoms with Crippen molar-refractivity contribution in [3.63, 3.8) is 0 Å². The molecule has 2 N–H and O–H groups in total. The molecule has 0 spiro atoms. The number of benzene rings is 1. The van der Waals surface area contributed by atoms with E-state index in [-0.39, 0.29) is 35.8 Å². The topological polar surface area (TPSA) is 109 Å². The van der Waals surface area contributed by atoms with E-state index in [0.717, 1.165) is 35.9 Å². The Bertz CT molecular complexity index is 1090. The van der Waals surface area contributed by atoms with E-state index in [4.69, 9.17) is 4.84 Å². The van der Waals surface area contributed by atoms with Crippen molar-refractivity contribution in [2.24, 2.45) is 0 Å². The molecule has 2 saturated heterocycles. The number of aliphatic hydroxyl groups is 1. The number of piperidine rings is 1. The number of para-hydroxylation sites is 2. The summed E-state index contributed by atoms with van der Waals surface area (Å²) in [4.78, 5) is 46.4. The third-order valence-electron chi connectivity index (χ3n) is 7.08. The molecule has 1 aromatic heterocycles. The number of imidazole rings is 1. The minimum absolute atomic E-state index is 0.0626. The molecule has 2 fully saturated rings. The summed E-state index contributed by atoms with van der Waals surface area (Å²) in [5, 5.41) is 13.4. The van der Waals surface area contributed by atoms with Crippen molar-refractivity contribution in [1.82, 2.24) is 24.4 Å². The fraction of sp³-hybridized carbons (Fsp3) is 0.625. The lowest BCUT2D eigenvalue weighted by Gasteiger charge is -2.40. The number of nitrogens with zero attached hydrogens (tertiary/aromatic N) is 4. The maximum atomic E-state index is 12.9. The zero-order valence-corrected chi connectivity index (χ0v) is 20.3. The molecule has 4 atom stereocenters. The molecule has 2 bridgehead atoms. The first-order chi connectivity index (χ1) is 16.2. The van der Waals surface area contributed by atoms with Crippen LogP contribution in [0, 0.1) is 0 Å². The predicted molar refractivity (Wildman–Crippen MR) is 128 cm³/mol. The summed E-state index contributed by atoms with van der Waals surface area (Å²) >= 11 is 0. The molecule has 2 aliphatic heterocycles. The lowest BCUT2D eigenvalue weighted by Crippen LogP contribution is -2.54. The molecule has 4 rings (SSSR count). The quantitative estimate of drug-likeness (QED) is 0.629. The van der Waals surface area contributed by atoms with Gasteiger partial charge in [0.2, 0.25) is 5.91 Å². The Labute approximate surface area is 199 Å². The summed E-state index contributed by atoms with van der Waals surface area (Å²) in [5.74, 6) is -0.0703. The Hall–Kier alpha value is -2.85. The fourth-order valence-corrected chi connectivity index (χ4v) is 5.44. The van der Waals surface area contributed by atoms with Gasteiger partial charge in [-0.1, -0.05) is 12.1 Å². The summed E-state index contributed by atoms with van der Waals surface area (Å²) in [7, 11) is 1.69. The minimum Gasteiger partial charge on any atom is -0.390 e. The van der Waals surface area contributed by atoms with E-state index in [2.05, 4.69) is 10.2 Å². The van der Waals surface area contributed by atoms with Crippen LogP contribution in [0.2, 0.25) is 0 Å². The van der Waals surface area contributed by atoms with E-state index >= 15 is 0 Å². The van der Waals surface area contributed by atoms with Crippen molar-refractivity contribution in [1.29, 1.82) is 0 Å². The van der Waals surface area contributed by atoms with Gasteiger partial charge in [0.1, 0.15) is 5.52 Å². The van der Waals surface area contributed by atoms with Crippen molar-refractivity contribution < 1.29 is 19.5 Å². The molecule has 1 aromatic carbocycles. The number of amides is 2. The Kier molecular flexibility index (Phi) is 6.99. The first kappa shape index (κ1) is 24.3. The van der Waals surface area contributed by atoms with E-state index in [9.17, 15) is 19.5 Å². The highest BCUT2D eigenvalue weighted by molar-refractivity contribution is 5.77. The molecule has 2 aromatic rings. The molecular formula is C24H35N5O5. The summed E-state index contributed by atoms with van der Waals surface area (Å²) in [5.41, 5.74) is 0.886. The largest absolute Gasteiger partial charge is 0.432 e. The Morgan fingerprint density at radius 2 is 1.79 bits per heavy atom. The smallest absolute Gasteiger partial charge is 0.390 e. The van der Waals surface area contributed by atoms with E-state index in [1.165, 1.54) is 11.8 Å². The number of carbonyl (C=O) groups is 2. The van der Waals surface area contributed by atoms with Crippen molar-refractivity contribution in [3.05, 3.63) is 34.7 Å². The van der Waals surface area contributed by atoms with Gasteiger partial charge >= 0.3 is 11.8 Å². The summed E-state index contributed by atoms with van der Waals surface area (Å²) < 4.78 is 2.67. The average Bonchev–Trinajstić information content (AvgIpc) is 3.16. The maximum absolute atomic E-state index is 12.9. The Balaban J connectivity index is 1.38. The molecule has 0 unspecified atom stereocenters. The van der Waals surface area contributed by atoms with Crippen LogP contribution in [0.5, 0.6) is 0 Å². The zero-order chi connectivity index (χ0) is 24.6. The number of carbonyl (C=O) groups excluding carboxylic acids is 2. The molecule has 0 saturated carbocycles. The number of rotatable bonds is 7. The molecular weight excluding hydrogens is 438 g/mol. The van der Waals surface area contributed by atoms with Crippen LogP contribution in [0.25, 0.3) is 11.0 Å². The first-order valence-electron chi connectivity index (χ1n) is 12.0. The van der Waals surface area contributed by atoms with Crippen LogP contribution in [-0.2, 0) is 4.79 Å². The molecule has 34 heavy (non-hydrogen) atoms. The van der Waals surface area contributed by atoms with E-state index < -0.39 is 12.2 Å². The average molecular weight is 474 g/mol. The van der Waals surface area contributed by atoms with Gasteiger partial charge in [-0.05, 0) is 51.7 Å². The van der Waals surface area contributed by atoms with Gasteiger partial charge in [-0.3, -0.25) is 14.3 Å². The monoisotopic (exact) mass is 473 g/mol.